The molecule has 1 aromatic carbocycles. The third-order valence-electron chi connectivity index (χ3n) is 2.67. The van der Waals surface area contributed by atoms with Crippen LogP contribution in [0.4, 0.5) is 5.69 Å². The number of carbonyl (C=O) groups excluding carboxylic acids is 1. The summed E-state index contributed by atoms with van der Waals surface area (Å²) >= 11 is 0. The van der Waals surface area contributed by atoms with Gasteiger partial charge in [-0.1, -0.05) is 12.1 Å². The number of nitrogens with zero attached hydrogens (tertiary/aromatic N) is 3. The number of hydrogen-bond acceptors (Lipinski definition) is 3. The molecule has 0 spiro atoms. The Labute approximate surface area is 106 Å². The van der Waals surface area contributed by atoms with Crippen molar-refractivity contribution in [2.45, 2.75) is 6.54 Å². The van der Waals surface area contributed by atoms with Gasteiger partial charge >= 0.3 is 0 Å². The molecule has 0 radical (unpaired) electrons. The topological polar surface area (TPSA) is 64.2 Å². The van der Waals surface area contributed by atoms with Gasteiger partial charge in [0.2, 0.25) is 0 Å². The molecule has 0 unspecified atom stereocenters. The van der Waals surface area contributed by atoms with Crippen LogP contribution >= 0.6 is 0 Å². The van der Waals surface area contributed by atoms with Crippen molar-refractivity contribution in [1.29, 1.82) is 0 Å². The van der Waals surface area contributed by atoms with Crippen molar-refractivity contribution in [1.82, 2.24) is 14.7 Å². The summed E-state index contributed by atoms with van der Waals surface area (Å²) in [6.07, 6.45) is 3.27. The number of amides is 1. The van der Waals surface area contributed by atoms with Crippen LogP contribution in [0.3, 0.4) is 0 Å². The van der Waals surface area contributed by atoms with E-state index in [1.54, 1.807) is 36.1 Å². The highest BCUT2D eigenvalue weighted by molar-refractivity contribution is 5.93. The zero-order valence-corrected chi connectivity index (χ0v) is 10.5. The molecule has 0 atom stereocenters. The third kappa shape index (κ3) is 2.68. The van der Waals surface area contributed by atoms with E-state index in [-0.39, 0.29) is 5.91 Å². The van der Waals surface area contributed by atoms with Crippen molar-refractivity contribution in [2.75, 3.05) is 12.8 Å². The number of nitrogens with two attached hydrogens (primary N) is 1. The molecule has 5 heteroatoms. The lowest BCUT2D eigenvalue weighted by atomic mass is 10.2. The van der Waals surface area contributed by atoms with E-state index in [2.05, 4.69) is 5.10 Å². The average molecular weight is 244 g/mol. The minimum absolute atomic E-state index is 0.0504. The molecule has 1 heterocycles. The number of rotatable bonds is 3. The van der Waals surface area contributed by atoms with Crippen molar-refractivity contribution < 1.29 is 4.79 Å². The Morgan fingerprint density at radius 1 is 1.50 bits per heavy atom. The fourth-order valence-electron chi connectivity index (χ4n) is 1.79. The number of carbonyl (C=O) groups is 1. The van der Waals surface area contributed by atoms with E-state index < -0.39 is 0 Å². The van der Waals surface area contributed by atoms with Gasteiger partial charge in [-0.05, 0) is 17.7 Å². The van der Waals surface area contributed by atoms with E-state index in [0.717, 1.165) is 5.56 Å². The molecule has 2 rings (SSSR count). The van der Waals surface area contributed by atoms with Gasteiger partial charge in [0.25, 0.3) is 5.91 Å². The summed E-state index contributed by atoms with van der Waals surface area (Å²) in [6, 6.07) is 7.52. The standard InChI is InChI=1S/C13H16N4O/c1-16(8-10-4-3-5-12(14)6-10)13(18)11-7-15-17(2)9-11/h3-7,9H,8,14H2,1-2H3. The number of benzene rings is 1. The summed E-state index contributed by atoms with van der Waals surface area (Å²) in [5, 5.41) is 3.99. The number of aryl methyl sites for hydroxylation is 1. The molecule has 0 aliphatic carbocycles. The number of nitrogen functional groups attached to an aromatic ring is 1. The van der Waals surface area contributed by atoms with Crippen LogP contribution in [0.1, 0.15) is 15.9 Å². The quantitative estimate of drug-likeness (QED) is 0.827. The lowest BCUT2D eigenvalue weighted by molar-refractivity contribution is 0.0785. The molecule has 1 amide bonds. The third-order valence-corrected chi connectivity index (χ3v) is 2.67. The van der Waals surface area contributed by atoms with E-state index >= 15 is 0 Å². The van der Waals surface area contributed by atoms with Crippen LogP contribution in [-0.4, -0.2) is 27.6 Å². The lowest BCUT2D eigenvalue weighted by Crippen LogP contribution is -2.25. The van der Waals surface area contributed by atoms with Crippen molar-refractivity contribution in [3.63, 3.8) is 0 Å². The second-order valence-electron chi connectivity index (χ2n) is 4.31. The number of hydrogen-bond donors (Lipinski definition) is 1. The first-order valence-electron chi connectivity index (χ1n) is 5.65. The fraction of sp³-hybridized carbons (Fsp3) is 0.231. The van der Waals surface area contributed by atoms with Gasteiger partial charge < -0.3 is 10.6 Å². The van der Waals surface area contributed by atoms with Crippen LogP contribution < -0.4 is 5.73 Å². The average Bonchev–Trinajstić information content (AvgIpc) is 2.75. The molecule has 5 nitrogen and oxygen atoms in total. The van der Waals surface area contributed by atoms with Crippen LogP contribution in [0, 0.1) is 0 Å². The van der Waals surface area contributed by atoms with Gasteiger partial charge in [-0.25, -0.2) is 0 Å². The summed E-state index contributed by atoms with van der Waals surface area (Å²) < 4.78 is 1.61. The van der Waals surface area contributed by atoms with Crippen LogP contribution in [0.15, 0.2) is 36.7 Å². The highest BCUT2D eigenvalue weighted by atomic mass is 16.2. The minimum atomic E-state index is -0.0504. The smallest absolute Gasteiger partial charge is 0.257 e. The monoisotopic (exact) mass is 244 g/mol. The van der Waals surface area contributed by atoms with Gasteiger partial charge in [0.15, 0.2) is 0 Å². The van der Waals surface area contributed by atoms with E-state index in [4.69, 9.17) is 5.73 Å². The second kappa shape index (κ2) is 4.91. The molecule has 0 aliphatic rings. The molecule has 94 valence electrons. The molecule has 0 saturated heterocycles. The van der Waals surface area contributed by atoms with Gasteiger partial charge in [-0.15, -0.1) is 0 Å². The lowest BCUT2D eigenvalue weighted by Gasteiger charge is -2.16. The van der Waals surface area contributed by atoms with Crippen molar-refractivity contribution in [3.8, 4) is 0 Å². The molecule has 18 heavy (non-hydrogen) atoms. The summed E-state index contributed by atoms with van der Waals surface area (Å²) in [6.45, 7) is 0.527. The zero-order chi connectivity index (χ0) is 13.1. The van der Waals surface area contributed by atoms with Gasteiger partial charge in [-0.3, -0.25) is 9.48 Å². The molecule has 0 aliphatic heterocycles. The summed E-state index contributed by atoms with van der Waals surface area (Å²) in [4.78, 5) is 13.7. The number of anilines is 1. The molecule has 0 bridgehead atoms. The Kier molecular flexibility index (Phi) is 3.32. The van der Waals surface area contributed by atoms with Gasteiger partial charge in [-0.2, -0.15) is 5.10 Å². The molecule has 0 saturated carbocycles. The summed E-state index contributed by atoms with van der Waals surface area (Å²) in [7, 11) is 3.55. The SMILES string of the molecule is CN(Cc1cccc(N)c1)C(=O)c1cnn(C)c1. The van der Waals surface area contributed by atoms with Crippen LogP contribution in [0.2, 0.25) is 0 Å². The Morgan fingerprint density at radius 3 is 2.89 bits per heavy atom. The van der Waals surface area contributed by atoms with Gasteiger partial charge in [0, 0.05) is 32.5 Å². The number of aromatic nitrogens is 2. The Morgan fingerprint density at radius 2 is 2.28 bits per heavy atom. The second-order valence-corrected chi connectivity index (χ2v) is 4.31. The maximum Gasteiger partial charge on any atom is 0.257 e. The zero-order valence-electron chi connectivity index (χ0n) is 10.5. The van der Waals surface area contributed by atoms with Gasteiger partial charge in [0.1, 0.15) is 0 Å². The summed E-state index contributed by atoms with van der Waals surface area (Å²) in [5.41, 5.74) is 8.01. The predicted octanol–water partition coefficient (Wildman–Crippen LogP) is 1.27. The highest BCUT2D eigenvalue weighted by Gasteiger charge is 2.13. The van der Waals surface area contributed by atoms with Crippen molar-refractivity contribution in [3.05, 3.63) is 47.8 Å². The molecular weight excluding hydrogens is 228 g/mol. The first-order chi connectivity index (χ1) is 8.56. The van der Waals surface area contributed by atoms with Crippen LogP contribution in [0.25, 0.3) is 0 Å². The normalized spacial score (nSPS) is 10.3. The largest absolute Gasteiger partial charge is 0.399 e. The Bertz CT molecular complexity index is 562. The Balaban J connectivity index is 2.08. The van der Waals surface area contributed by atoms with E-state index in [1.165, 1.54) is 0 Å². The van der Waals surface area contributed by atoms with Crippen molar-refractivity contribution >= 4 is 11.6 Å². The minimum Gasteiger partial charge on any atom is -0.399 e. The molecule has 2 N–H and O–H groups in total. The van der Waals surface area contributed by atoms with E-state index in [9.17, 15) is 4.79 Å². The van der Waals surface area contributed by atoms with Crippen molar-refractivity contribution in [2.24, 2.45) is 7.05 Å². The highest BCUT2D eigenvalue weighted by Crippen LogP contribution is 2.10. The van der Waals surface area contributed by atoms with E-state index in [1.807, 2.05) is 24.3 Å². The molecule has 2 aromatic rings. The molecular formula is C13H16N4O. The Hall–Kier alpha value is -2.30. The first-order valence-corrected chi connectivity index (χ1v) is 5.65. The van der Waals surface area contributed by atoms with Crippen LogP contribution in [0.5, 0.6) is 0 Å². The van der Waals surface area contributed by atoms with Gasteiger partial charge in [0.05, 0.1) is 11.8 Å². The molecule has 0 fully saturated rings. The predicted molar refractivity (Wildman–Crippen MR) is 69.9 cm³/mol. The summed E-state index contributed by atoms with van der Waals surface area (Å²) in [5.74, 6) is -0.0504. The van der Waals surface area contributed by atoms with E-state index in [0.29, 0.717) is 17.8 Å². The fourth-order valence-corrected chi connectivity index (χ4v) is 1.79. The first kappa shape index (κ1) is 12.2. The maximum absolute atomic E-state index is 12.1. The van der Waals surface area contributed by atoms with Crippen LogP contribution in [-0.2, 0) is 13.6 Å². The maximum atomic E-state index is 12.1. The molecule has 1 aromatic heterocycles.